The molecule has 0 aromatic carbocycles. The second-order valence-electron chi connectivity index (χ2n) is 1.37. The summed E-state index contributed by atoms with van der Waals surface area (Å²) in [5.74, 6) is 0. The highest BCUT2D eigenvalue weighted by Crippen LogP contribution is 1.84. The van der Waals surface area contributed by atoms with Crippen LogP contribution < -0.4 is 5.73 Å². The van der Waals surface area contributed by atoms with Gasteiger partial charge in [-0.15, -0.1) is 0 Å². The second kappa shape index (κ2) is 5.09. The summed E-state index contributed by atoms with van der Waals surface area (Å²) in [5, 5.41) is 0. The molecule has 2 N–H and O–H groups in total. The van der Waals surface area contributed by atoms with Gasteiger partial charge in [0.05, 0.1) is 13.1 Å². The molecule has 0 fully saturated rings. The molecular weight excluding hydrogens is 105 g/mol. The van der Waals surface area contributed by atoms with Gasteiger partial charge in [-0.3, -0.25) is 0 Å². The molecule has 0 spiro atoms. The number of nitrogens with two attached hydrogens (primary N) is 1. The molecular formula is C4H11BNO2. The summed E-state index contributed by atoms with van der Waals surface area (Å²) >= 11 is 0. The summed E-state index contributed by atoms with van der Waals surface area (Å²) in [6.45, 7) is 2.33. The maximum absolute atomic E-state index is 5.23. The Morgan fingerprint density at radius 1 is 1.75 bits per heavy atom. The van der Waals surface area contributed by atoms with Crippen LogP contribution >= 0.6 is 0 Å². The Kier molecular flexibility index (Phi) is 5.05. The van der Waals surface area contributed by atoms with Gasteiger partial charge in [-0.1, -0.05) is 6.82 Å². The van der Waals surface area contributed by atoms with Gasteiger partial charge in [-0.2, -0.15) is 0 Å². The van der Waals surface area contributed by atoms with Gasteiger partial charge in [-0.05, 0) is 0 Å². The summed E-state index contributed by atoms with van der Waals surface area (Å²) in [6.07, 6.45) is 0. The molecule has 0 aliphatic heterocycles. The van der Waals surface area contributed by atoms with Gasteiger partial charge in [0.1, 0.15) is 0 Å². The third kappa shape index (κ3) is 3.01. The zero-order valence-electron chi connectivity index (χ0n) is 5.26. The lowest BCUT2D eigenvalue weighted by Gasteiger charge is -2.07. The van der Waals surface area contributed by atoms with Gasteiger partial charge in [0.15, 0.2) is 7.28 Å². The van der Waals surface area contributed by atoms with E-state index in [-0.39, 0.29) is 6.00 Å². The Balaban J connectivity index is 3.07. The first-order chi connectivity index (χ1) is 3.85. The standard InChI is InChI=1S/C4H11BNO2/c1-5-4(3-6)8-7-2/h4H,3,6H2,1-2H3/t4-/m0/s1. The number of rotatable bonds is 4. The first-order valence-electron chi connectivity index (χ1n) is 2.54. The summed E-state index contributed by atoms with van der Waals surface area (Å²) in [7, 11) is 3.30. The van der Waals surface area contributed by atoms with E-state index in [1.54, 1.807) is 0 Å². The van der Waals surface area contributed by atoms with E-state index >= 15 is 0 Å². The molecule has 4 heteroatoms. The molecule has 0 aromatic rings. The molecule has 0 amide bonds. The topological polar surface area (TPSA) is 44.5 Å². The first-order valence-corrected chi connectivity index (χ1v) is 2.54. The van der Waals surface area contributed by atoms with Crippen molar-refractivity contribution in [3.63, 3.8) is 0 Å². The highest BCUT2D eigenvalue weighted by Gasteiger charge is 2.02. The van der Waals surface area contributed by atoms with E-state index in [1.165, 1.54) is 7.11 Å². The first kappa shape index (κ1) is 7.94. The van der Waals surface area contributed by atoms with Crippen molar-refractivity contribution in [1.82, 2.24) is 0 Å². The molecule has 0 saturated carbocycles. The molecule has 0 aliphatic carbocycles. The lowest BCUT2D eigenvalue weighted by molar-refractivity contribution is -0.283. The van der Waals surface area contributed by atoms with Crippen molar-refractivity contribution in [3.8, 4) is 0 Å². The molecule has 47 valence electrons. The molecule has 0 aliphatic rings. The average Bonchev–Trinajstić information content (AvgIpc) is 1.83. The molecule has 1 radical (unpaired) electrons. The minimum Gasteiger partial charge on any atom is -0.329 e. The van der Waals surface area contributed by atoms with Gasteiger partial charge in [-0.25, -0.2) is 9.78 Å². The Morgan fingerprint density at radius 3 is 2.50 bits per heavy atom. The van der Waals surface area contributed by atoms with Crippen molar-refractivity contribution in [1.29, 1.82) is 0 Å². The van der Waals surface area contributed by atoms with Gasteiger partial charge in [0.2, 0.25) is 0 Å². The lowest BCUT2D eigenvalue weighted by Crippen LogP contribution is -2.27. The Labute approximate surface area is 50.3 Å². The molecule has 0 aromatic heterocycles. The van der Waals surface area contributed by atoms with Crippen molar-refractivity contribution < 1.29 is 9.78 Å². The van der Waals surface area contributed by atoms with Crippen molar-refractivity contribution in [2.45, 2.75) is 12.8 Å². The van der Waals surface area contributed by atoms with Crippen LogP contribution in [0.5, 0.6) is 0 Å². The predicted octanol–water partition coefficient (Wildman–Crippen LogP) is -0.399. The van der Waals surface area contributed by atoms with Gasteiger partial charge in [0.25, 0.3) is 0 Å². The third-order valence-electron chi connectivity index (χ3n) is 0.824. The number of hydrogen-bond acceptors (Lipinski definition) is 3. The number of hydrogen-bond donors (Lipinski definition) is 1. The molecule has 1 atom stereocenters. The fourth-order valence-electron chi connectivity index (χ4n) is 0.355. The van der Waals surface area contributed by atoms with Gasteiger partial charge < -0.3 is 5.73 Å². The van der Waals surface area contributed by atoms with E-state index in [4.69, 9.17) is 5.73 Å². The van der Waals surface area contributed by atoms with E-state index in [0.29, 0.717) is 6.54 Å². The molecule has 3 nitrogen and oxygen atoms in total. The summed E-state index contributed by atoms with van der Waals surface area (Å²) in [4.78, 5) is 9.03. The van der Waals surface area contributed by atoms with Crippen LogP contribution in [0.2, 0.25) is 6.82 Å². The van der Waals surface area contributed by atoms with Crippen LogP contribution in [-0.4, -0.2) is 26.9 Å². The summed E-state index contributed by atoms with van der Waals surface area (Å²) in [5.41, 5.74) is 5.23. The molecule has 0 bridgehead atoms. The van der Waals surface area contributed by atoms with Crippen molar-refractivity contribution >= 4 is 7.28 Å². The Morgan fingerprint density at radius 2 is 2.38 bits per heavy atom. The van der Waals surface area contributed by atoms with E-state index < -0.39 is 0 Å². The van der Waals surface area contributed by atoms with Gasteiger partial charge >= 0.3 is 0 Å². The molecule has 0 saturated heterocycles. The highest BCUT2D eigenvalue weighted by atomic mass is 17.2. The predicted molar refractivity (Wildman–Crippen MR) is 32.6 cm³/mol. The lowest BCUT2D eigenvalue weighted by atomic mass is 9.75. The zero-order chi connectivity index (χ0) is 6.41. The minimum atomic E-state index is -0.0694. The maximum atomic E-state index is 5.23. The maximum Gasteiger partial charge on any atom is 0.152 e. The van der Waals surface area contributed by atoms with Crippen LogP contribution in [0, 0.1) is 0 Å². The monoisotopic (exact) mass is 116 g/mol. The summed E-state index contributed by atoms with van der Waals surface area (Å²) < 4.78 is 0. The van der Waals surface area contributed by atoms with E-state index in [1.807, 2.05) is 14.1 Å². The fourth-order valence-corrected chi connectivity index (χ4v) is 0.355. The molecule has 0 unspecified atom stereocenters. The largest absolute Gasteiger partial charge is 0.329 e. The average molecular weight is 116 g/mol. The van der Waals surface area contributed by atoms with Crippen molar-refractivity contribution in [3.05, 3.63) is 0 Å². The minimum absolute atomic E-state index is 0.0694. The van der Waals surface area contributed by atoms with Crippen LogP contribution in [0.25, 0.3) is 0 Å². The molecule has 0 rings (SSSR count). The second-order valence-corrected chi connectivity index (χ2v) is 1.37. The van der Waals surface area contributed by atoms with Gasteiger partial charge in [0, 0.05) is 6.54 Å². The van der Waals surface area contributed by atoms with Crippen LogP contribution in [0.15, 0.2) is 0 Å². The zero-order valence-corrected chi connectivity index (χ0v) is 5.26. The molecule has 0 heterocycles. The van der Waals surface area contributed by atoms with Crippen LogP contribution in [0.4, 0.5) is 0 Å². The smallest absolute Gasteiger partial charge is 0.152 e. The quantitative estimate of drug-likeness (QED) is 0.308. The third-order valence-corrected chi connectivity index (χ3v) is 0.824. The molecule has 8 heavy (non-hydrogen) atoms. The summed E-state index contributed by atoms with van der Waals surface area (Å²) in [6, 6.07) is -0.0694. The highest BCUT2D eigenvalue weighted by molar-refractivity contribution is 6.35. The van der Waals surface area contributed by atoms with Crippen molar-refractivity contribution in [2.24, 2.45) is 5.73 Å². The Bertz CT molecular complexity index is 49.3. The SMILES string of the molecule is C[B][C@H](CN)OOC. The Hall–Kier alpha value is -0.0551. The fraction of sp³-hybridized carbons (Fsp3) is 1.00. The van der Waals surface area contributed by atoms with E-state index in [9.17, 15) is 0 Å². The van der Waals surface area contributed by atoms with E-state index in [0.717, 1.165) is 0 Å². The van der Waals surface area contributed by atoms with Crippen LogP contribution in [0.3, 0.4) is 0 Å². The van der Waals surface area contributed by atoms with Crippen molar-refractivity contribution in [2.75, 3.05) is 13.7 Å². The van der Waals surface area contributed by atoms with Crippen LogP contribution in [-0.2, 0) is 9.78 Å². The van der Waals surface area contributed by atoms with Crippen LogP contribution in [0.1, 0.15) is 0 Å². The normalized spacial score (nSPS) is 13.4. The van der Waals surface area contributed by atoms with E-state index in [2.05, 4.69) is 9.78 Å².